The van der Waals surface area contributed by atoms with Crippen LogP contribution in [0, 0.1) is 3.57 Å². The summed E-state index contributed by atoms with van der Waals surface area (Å²) in [5.74, 6) is 1.83. The largest absolute Gasteiger partial charge is 0.383 e. The number of nitrogens with zero attached hydrogens (tertiary/aromatic N) is 4. The van der Waals surface area contributed by atoms with E-state index < -0.39 is 0 Å². The van der Waals surface area contributed by atoms with Crippen molar-refractivity contribution in [2.45, 2.75) is 32.2 Å². The number of aromatic nitrogens is 4. The second kappa shape index (κ2) is 4.49. The molecule has 0 amide bonds. The molecule has 2 N–H and O–H groups in total. The van der Waals surface area contributed by atoms with Crippen molar-refractivity contribution in [3.8, 4) is 11.5 Å². The third kappa shape index (κ3) is 1.98. The highest BCUT2D eigenvalue weighted by Crippen LogP contribution is 2.42. The Morgan fingerprint density at radius 3 is 2.89 bits per heavy atom. The summed E-state index contributed by atoms with van der Waals surface area (Å²) in [6.07, 6.45) is 6.00. The summed E-state index contributed by atoms with van der Waals surface area (Å²) in [5.41, 5.74) is 8.03. The van der Waals surface area contributed by atoms with E-state index in [-0.39, 0.29) is 0 Å². The van der Waals surface area contributed by atoms with Crippen molar-refractivity contribution in [1.82, 2.24) is 19.5 Å². The summed E-state index contributed by atoms with van der Waals surface area (Å²) < 4.78 is 3.03. The van der Waals surface area contributed by atoms with Crippen LogP contribution in [0.15, 0.2) is 12.5 Å². The van der Waals surface area contributed by atoms with Gasteiger partial charge in [0.2, 0.25) is 0 Å². The number of anilines is 1. The minimum Gasteiger partial charge on any atom is -0.383 e. The molecule has 18 heavy (non-hydrogen) atoms. The third-order valence-corrected chi connectivity index (χ3v) is 4.25. The van der Waals surface area contributed by atoms with Crippen LogP contribution in [0.1, 0.15) is 31.4 Å². The Bertz CT molecular complexity index is 588. The molecular weight excluding hydrogens is 341 g/mol. The van der Waals surface area contributed by atoms with Gasteiger partial charge in [0, 0.05) is 12.5 Å². The number of halogens is 1. The minimum atomic E-state index is 0.568. The molecule has 3 rings (SSSR count). The van der Waals surface area contributed by atoms with Crippen LogP contribution >= 0.6 is 22.6 Å². The molecule has 1 fully saturated rings. The molecule has 0 unspecified atom stereocenters. The van der Waals surface area contributed by atoms with Crippen LogP contribution in [0.25, 0.3) is 11.5 Å². The Labute approximate surface area is 119 Å². The highest BCUT2D eigenvalue weighted by atomic mass is 127. The molecule has 1 saturated carbocycles. The number of rotatable bonds is 3. The lowest BCUT2D eigenvalue weighted by atomic mass is 10.2. The predicted molar refractivity (Wildman–Crippen MR) is 78.0 cm³/mol. The normalized spacial score (nSPS) is 15.0. The van der Waals surface area contributed by atoms with Crippen molar-refractivity contribution in [1.29, 1.82) is 0 Å². The Morgan fingerprint density at radius 2 is 2.22 bits per heavy atom. The van der Waals surface area contributed by atoms with Gasteiger partial charge in [0.05, 0.1) is 21.8 Å². The Hall–Kier alpha value is -1.18. The molecule has 2 heterocycles. The SMILES string of the molecule is CCn1cncc1-c1nc(N)c(I)c(C2CC2)n1. The monoisotopic (exact) mass is 355 g/mol. The maximum Gasteiger partial charge on any atom is 0.180 e. The molecule has 0 aliphatic heterocycles. The second-order valence-corrected chi connectivity index (χ2v) is 5.55. The van der Waals surface area contributed by atoms with Gasteiger partial charge >= 0.3 is 0 Å². The molecular formula is C12H14IN5. The van der Waals surface area contributed by atoms with Crippen LogP contribution in [0.2, 0.25) is 0 Å². The van der Waals surface area contributed by atoms with E-state index in [1.54, 1.807) is 12.5 Å². The second-order valence-electron chi connectivity index (χ2n) is 4.47. The van der Waals surface area contributed by atoms with Gasteiger partial charge < -0.3 is 10.3 Å². The Morgan fingerprint density at radius 1 is 1.44 bits per heavy atom. The fourth-order valence-electron chi connectivity index (χ4n) is 1.98. The molecule has 6 heteroatoms. The number of hydrogen-bond donors (Lipinski definition) is 1. The summed E-state index contributed by atoms with van der Waals surface area (Å²) in [6.45, 7) is 2.92. The van der Waals surface area contributed by atoms with Gasteiger partial charge in [-0.2, -0.15) is 0 Å². The highest BCUT2D eigenvalue weighted by Gasteiger charge is 2.29. The average molecular weight is 355 g/mol. The van der Waals surface area contributed by atoms with Gasteiger partial charge in [-0.3, -0.25) is 0 Å². The first kappa shape index (κ1) is 11.9. The van der Waals surface area contributed by atoms with Crippen LogP contribution in [-0.4, -0.2) is 19.5 Å². The molecule has 0 radical (unpaired) electrons. The van der Waals surface area contributed by atoms with E-state index in [0.717, 1.165) is 21.5 Å². The van der Waals surface area contributed by atoms with E-state index in [4.69, 9.17) is 5.73 Å². The van der Waals surface area contributed by atoms with Crippen LogP contribution in [0.4, 0.5) is 5.82 Å². The molecule has 1 aliphatic rings. The molecule has 0 aromatic carbocycles. The molecule has 0 saturated heterocycles. The molecule has 2 aromatic rings. The maximum absolute atomic E-state index is 6.00. The fraction of sp³-hybridized carbons (Fsp3) is 0.417. The summed E-state index contributed by atoms with van der Waals surface area (Å²) >= 11 is 2.24. The van der Waals surface area contributed by atoms with Crippen molar-refractivity contribution in [3.05, 3.63) is 21.8 Å². The first-order valence-corrected chi connectivity index (χ1v) is 7.12. The summed E-state index contributed by atoms with van der Waals surface area (Å²) in [7, 11) is 0. The van der Waals surface area contributed by atoms with Crippen molar-refractivity contribution >= 4 is 28.4 Å². The lowest BCUT2D eigenvalue weighted by Crippen LogP contribution is -2.06. The van der Waals surface area contributed by atoms with Gasteiger partial charge in [0.25, 0.3) is 0 Å². The molecule has 94 valence electrons. The van der Waals surface area contributed by atoms with Crippen molar-refractivity contribution in [3.63, 3.8) is 0 Å². The average Bonchev–Trinajstić information content (AvgIpc) is 3.09. The van der Waals surface area contributed by atoms with Gasteiger partial charge in [-0.15, -0.1) is 0 Å². The summed E-state index contributed by atoms with van der Waals surface area (Å²) in [5, 5.41) is 0. The van der Waals surface area contributed by atoms with Crippen molar-refractivity contribution in [2.24, 2.45) is 0 Å². The minimum absolute atomic E-state index is 0.568. The van der Waals surface area contributed by atoms with E-state index in [2.05, 4.69) is 44.5 Å². The van der Waals surface area contributed by atoms with Crippen molar-refractivity contribution in [2.75, 3.05) is 5.73 Å². The first-order chi connectivity index (χ1) is 8.70. The molecule has 0 bridgehead atoms. The lowest BCUT2D eigenvalue weighted by molar-refractivity contribution is 0.762. The molecule has 1 aliphatic carbocycles. The van der Waals surface area contributed by atoms with Crippen LogP contribution in [-0.2, 0) is 6.54 Å². The Kier molecular flexibility index (Phi) is 2.96. The topological polar surface area (TPSA) is 69.6 Å². The number of nitrogens with two attached hydrogens (primary N) is 1. The lowest BCUT2D eigenvalue weighted by Gasteiger charge is -2.09. The standard InChI is InChI=1S/C12H14IN5/c1-2-18-6-15-5-8(18)12-16-10(7-3-4-7)9(13)11(14)17-12/h5-7H,2-4H2,1H3,(H2,14,16,17). The fourth-order valence-corrected chi connectivity index (χ4v) is 2.66. The molecule has 0 atom stereocenters. The molecule has 2 aromatic heterocycles. The predicted octanol–water partition coefficient (Wildman–Crippen LogP) is 2.42. The van der Waals surface area contributed by atoms with Gasteiger partial charge in [-0.25, -0.2) is 15.0 Å². The van der Waals surface area contributed by atoms with E-state index >= 15 is 0 Å². The number of hydrogen-bond acceptors (Lipinski definition) is 4. The maximum atomic E-state index is 6.00. The molecule has 5 nitrogen and oxygen atoms in total. The Balaban J connectivity index is 2.12. The molecule has 0 spiro atoms. The van der Waals surface area contributed by atoms with Crippen LogP contribution in [0.5, 0.6) is 0 Å². The van der Waals surface area contributed by atoms with Crippen LogP contribution in [0.3, 0.4) is 0 Å². The van der Waals surface area contributed by atoms with Gasteiger partial charge in [0.15, 0.2) is 5.82 Å². The number of nitrogen functional groups attached to an aromatic ring is 1. The quantitative estimate of drug-likeness (QED) is 0.859. The first-order valence-electron chi connectivity index (χ1n) is 6.04. The van der Waals surface area contributed by atoms with E-state index in [1.165, 1.54) is 12.8 Å². The zero-order chi connectivity index (χ0) is 12.7. The van der Waals surface area contributed by atoms with E-state index in [9.17, 15) is 0 Å². The third-order valence-electron chi connectivity index (χ3n) is 3.15. The van der Waals surface area contributed by atoms with E-state index in [1.807, 2.05) is 4.57 Å². The zero-order valence-corrected chi connectivity index (χ0v) is 12.3. The summed E-state index contributed by atoms with van der Waals surface area (Å²) in [6, 6.07) is 0. The number of imidazole rings is 1. The van der Waals surface area contributed by atoms with Gasteiger partial charge in [-0.1, -0.05) is 0 Å². The number of aryl methyl sites for hydroxylation is 1. The van der Waals surface area contributed by atoms with Gasteiger partial charge in [-0.05, 0) is 42.4 Å². The van der Waals surface area contributed by atoms with Gasteiger partial charge in [0.1, 0.15) is 11.5 Å². The summed E-state index contributed by atoms with van der Waals surface area (Å²) in [4.78, 5) is 13.2. The van der Waals surface area contributed by atoms with Crippen LogP contribution < -0.4 is 5.73 Å². The van der Waals surface area contributed by atoms with E-state index in [0.29, 0.717) is 17.6 Å². The smallest absolute Gasteiger partial charge is 0.180 e. The zero-order valence-electron chi connectivity index (χ0n) is 10.1. The highest BCUT2D eigenvalue weighted by molar-refractivity contribution is 14.1. The van der Waals surface area contributed by atoms with Crippen molar-refractivity contribution < 1.29 is 0 Å².